The number of carbonyl (C=O) groups excluding carboxylic acids is 1. The smallest absolute Gasteiger partial charge is 0.244 e. The summed E-state index contributed by atoms with van der Waals surface area (Å²) in [5.41, 5.74) is 0.148. The molecule has 1 saturated heterocycles. The van der Waals surface area contributed by atoms with Crippen molar-refractivity contribution in [2.75, 3.05) is 46.3 Å². The molecule has 0 bridgehead atoms. The Bertz CT molecular complexity index is 835. The Morgan fingerprint density at radius 2 is 1.82 bits per heavy atom. The molecule has 2 aliphatic rings. The van der Waals surface area contributed by atoms with E-state index in [4.69, 9.17) is 0 Å². The van der Waals surface area contributed by atoms with E-state index in [9.17, 15) is 18.5 Å². The molecule has 2 fully saturated rings. The number of hydrogen-bond donors (Lipinski definition) is 0. The molecule has 0 unspecified atom stereocenters. The van der Waals surface area contributed by atoms with Gasteiger partial charge in [-0.25, -0.2) is 8.42 Å². The Labute approximate surface area is 167 Å². The van der Waals surface area contributed by atoms with Gasteiger partial charge in [-0.2, -0.15) is 9.57 Å². The summed E-state index contributed by atoms with van der Waals surface area (Å²) in [7, 11) is -1.75. The second-order valence-corrected chi connectivity index (χ2v) is 9.65. The maximum atomic E-state index is 12.9. The van der Waals surface area contributed by atoms with Crippen LogP contribution in [0.25, 0.3) is 0 Å². The van der Waals surface area contributed by atoms with Crippen molar-refractivity contribution in [3.05, 3.63) is 29.8 Å². The first-order valence-corrected chi connectivity index (χ1v) is 11.3. The van der Waals surface area contributed by atoms with Crippen LogP contribution in [0.15, 0.2) is 29.2 Å². The molecular weight excluding hydrogens is 376 g/mol. The molecule has 1 heterocycles. The molecule has 0 radical (unpaired) electrons. The van der Waals surface area contributed by atoms with E-state index >= 15 is 0 Å². The van der Waals surface area contributed by atoms with Crippen LogP contribution >= 0.6 is 0 Å². The lowest BCUT2D eigenvalue weighted by molar-refractivity contribution is -0.133. The number of rotatable bonds is 6. The molecule has 28 heavy (non-hydrogen) atoms. The number of carbonyl (C=O) groups is 1. The minimum atomic E-state index is -3.73. The Hall–Kier alpha value is -1.95. The third-order valence-electron chi connectivity index (χ3n) is 5.67. The van der Waals surface area contributed by atoms with Gasteiger partial charge in [0.05, 0.1) is 17.0 Å². The molecule has 1 aromatic rings. The Kier molecular flexibility index (Phi) is 6.70. The van der Waals surface area contributed by atoms with Crippen molar-refractivity contribution >= 4 is 15.9 Å². The standard InChI is InChI=1S/C20H28N4O3S/c1-22(15-17-6-2-3-7-17)16-20(25)23-10-12-24(13-11-23)28(26,27)19-9-5-4-8-18(19)14-21/h4-5,8-9,17H,2-3,6-7,10-13,15-16H2,1H3. The van der Waals surface area contributed by atoms with Crippen LogP contribution in [-0.4, -0.2) is 74.7 Å². The van der Waals surface area contributed by atoms with Gasteiger partial charge in [-0.15, -0.1) is 0 Å². The van der Waals surface area contributed by atoms with Gasteiger partial charge in [0.25, 0.3) is 0 Å². The Balaban J connectivity index is 1.55. The fourth-order valence-electron chi connectivity index (χ4n) is 4.13. The molecule has 0 atom stereocenters. The summed E-state index contributed by atoms with van der Waals surface area (Å²) < 4.78 is 27.1. The minimum absolute atomic E-state index is 0.0357. The zero-order valence-electron chi connectivity index (χ0n) is 16.4. The zero-order chi connectivity index (χ0) is 20.1. The maximum absolute atomic E-state index is 12.9. The molecule has 7 nitrogen and oxygen atoms in total. The second kappa shape index (κ2) is 9.03. The van der Waals surface area contributed by atoms with Crippen LogP contribution in [0, 0.1) is 17.2 Å². The normalized spacial score (nSPS) is 19.1. The summed E-state index contributed by atoms with van der Waals surface area (Å²) in [5, 5.41) is 9.19. The number of likely N-dealkylation sites (N-methyl/N-ethyl adjacent to an activating group) is 1. The Morgan fingerprint density at radius 1 is 1.18 bits per heavy atom. The fourth-order valence-corrected chi connectivity index (χ4v) is 5.69. The highest BCUT2D eigenvalue weighted by Crippen LogP contribution is 2.25. The highest BCUT2D eigenvalue weighted by molar-refractivity contribution is 7.89. The van der Waals surface area contributed by atoms with E-state index in [2.05, 4.69) is 4.90 Å². The molecule has 3 rings (SSSR count). The maximum Gasteiger partial charge on any atom is 0.244 e. The molecule has 1 saturated carbocycles. The highest BCUT2D eigenvalue weighted by atomic mass is 32.2. The van der Waals surface area contributed by atoms with Gasteiger partial charge >= 0.3 is 0 Å². The van der Waals surface area contributed by atoms with Crippen molar-refractivity contribution in [1.29, 1.82) is 5.26 Å². The summed E-state index contributed by atoms with van der Waals surface area (Å²) in [4.78, 5) is 16.4. The number of nitriles is 1. The van der Waals surface area contributed by atoms with Gasteiger partial charge < -0.3 is 4.90 Å². The van der Waals surface area contributed by atoms with Gasteiger partial charge in [-0.3, -0.25) is 9.69 Å². The van der Waals surface area contributed by atoms with E-state index in [0.717, 1.165) is 6.54 Å². The number of hydrogen-bond acceptors (Lipinski definition) is 5. The third kappa shape index (κ3) is 4.72. The van der Waals surface area contributed by atoms with E-state index in [1.54, 1.807) is 17.0 Å². The molecule has 1 aliphatic carbocycles. The van der Waals surface area contributed by atoms with Gasteiger partial charge in [0.15, 0.2) is 0 Å². The second-order valence-electron chi connectivity index (χ2n) is 7.74. The molecule has 1 aromatic carbocycles. The first kappa shape index (κ1) is 20.8. The number of benzene rings is 1. The predicted molar refractivity (Wildman–Crippen MR) is 106 cm³/mol. The van der Waals surface area contributed by atoms with Crippen LogP contribution in [0.4, 0.5) is 0 Å². The van der Waals surface area contributed by atoms with Gasteiger partial charge in [0, 0.05) is 32.7 Å². The lowest BCUT2D eigenvalue weighted by Gasteiger charge is -2.35. The summed E-state index contributed by atoms with van der Waals surface area (Å²) in [5.74, 6) is 0.745. The quantitative estimate of drug-likeness (QED) is 0.718. The highest BCUT2D eigenvalue weighted by Gasteiger charge is 2.31. The summed E-state index contributed by atoms with van der Waals surface area (Å²) in [6, 6.07) is 8.18. The zero-order valence-corrected chi connectivity index (χ0v) is 17.2. The van der Waals surface area contributed by atoms with Crippen molar-refractivity contribution in [3.63, 3.8) is 0 Å². The van der Waals surface area contributed by atoms with E-state index in [1.165, 1.54) is 42.1 Å². The van der Waals surface area contributed by atoms with E-state index in [0.29, 0.717) is 25.6 Å². The topological polar surface area (TPSA) is 84.7 Å². The van der Waals surface area contributed by atoms with Crippen LogP contribution in [0.2, 0.25) is 0 Å². The van der Waals surface area contributed by atoms with Crippen LogP contribution in [0.1, 0.15) is 31.2 Å². The van der Waals surface area contributed by atoms with E-state index < -0.39 is 10.0 Å². The average molecular weight is 405 g/mol. The lowest BCUT2D eigenvalue weighted by atomic mass is 10.1. The van der Waals surface area contributed by atoms with Crippen LogP contribution < -0.4 is 0 Å². The van der Waals surface area contributed by atoms with Crippen molar-refractivity contribution in [2.24, 2.45) is 5.92 Å². The number of amides is 1. The van der Waals surface area contributed by atoms with Crippen LogP contribution in [0.5, 0.6) is 0 Å². The number of sulfonamides is 1. The van der Waals surface area contributed by atoms with Crippen LogP contribution in [0.3, 0.4) is 0 Å². The third-order valence-corrected chi connectivity index (χ3v) is 7.62. The first-order chi connectivity index (χ1) is 13.4. The molecule has 1 aliphatic heterocycles. The largest absolute Gasteiger partial charge is 0.339 e. The van der Waals surface area contributed by atoms with Gasteiger partial charge in [-0.1, -0.05) is 25.0 Å². The lowest BCUT2D eigenvalue weighted by Crippen LogP contribution is -2.52. The number of piperazine rings is 1. The van der Waals surface area contributed by atoms with Crippen molar-refractivity contribution in [1.82, 2.24) is 14.1 Å². The number of nitrogens with zero attached hydrogens (tertiary/aromatic N) is 4. The van der Waals surface area contributed by atoms with Crippen molar-refractivity contribution in [3.8, 4) is 6.07 Å². The molecule has 8 heteroatoms. The molecule has 0 N–H and O–H groups in total. The summed E-state index contributed by atoms with van der Waals surface area (Å²) in [6.07, 6.45) is 5.08. The Morgan fingerprint density at radius 3 is 2.46 bits per heavy atom. The molecule has 0 spiro atoms. The summed E-state index contributed by atoms with van der Waals surface area (Å²) >= 11 is 0. The molecule has 0 aromatic heterocycles. The fraction of sp³-hybridized carbons (Fsp3) is 0.600. The first-order valence-electron chi connectivity index (χ1n) is 9.87. The van der Waals surface area contributed by atoms with E-state index in [-0.39, 0.29) is 29.5 Å². The van der Waals surface area contributed by atoms with Gasteiger partial charge in [0.1, 0.15) is 6.07 Å². The summed E-state index contributed by atoms with van der Waals surface area (Å²) in [6.45, 7) is 2.58. The monoisotopic (exact) mass is 404 g/mol. The molecular formula is C20H28N4O3S. The molecule has 152 valence electrons. The van der Waals surface area contributed by atoms with Gasteiger partial charge in [0.2, 0.25) is 15.9 Å². The van der Waals surface area contributed by atoms with E-state index in [1.807, 2.05) is 13.1 Å². The predicted octanol–water partition coefficient (Wildman–Crippen LogP) is 1.51. The van der Waals surface area contributed by atoms with Crippen LogP contribution in [-0.2, 0) is 14.8 Å². The average Bonchev–Trinajstić information content (AvgIpc) is 3.20. The SMILES string of the molecule is CN(CC(=O)N1CCN(S(=O)(=O)c2ccccc2C#N)CC1)CC1CCCC1. The molecule has 1 amide bonds. The minimum Gasteiger partial charge on any atom is -0.339 e. The van der Waals surface area contributed by atoms with Gasteiger partial charge in [-0.05, 0) is 37.9 Å². The van der Waals surface area contributed by atoms with Crippen molar-refractivity contribution in [2.45, 2.75) is 30.6 Å². The van der Waals surface area contributed by atoms with Crippen molar-refractivity contribution < 1.29 is 13.2 Å².